The number of hydrogen-bond donors (Lipinski definition) is 0. The molecule has 1 aromatic carbocycles. The summed E-state index contributed by atoms with van der Waals surface area (Å²) >= 11 is 0. The second-order valence-electron chi connectivity index (χ2n) is 3.78. The standard InChI is InChI=1S/C12H17N2P/c1-13-10-6-7-11-14(2)15(13)12-8-4-3-5-9-12/h3-9H,10-11H2,1-2H3. The van der Waals surface area contributed by atoms with Gasteiger partial charge in [0.05, 0.1) is 8.22 Å². The van der Waals surface area contributed by atoms with Gasteiger partial charge in [0.2, 0.25) is 0 Å². The molecule has 80 valence electrons. The average Bonchev–Trinajstić information content (AvgIpc) is 2.41. The molecule has 1 aromatic rings. The van der Waals surface area contributed by atoms with Crippen LogP contribution in [0.2, 0.25) is 0 Å². The van der Waals surface area contributed by atoms with Crippen LogP contribution in [0.15, 0.2) is 42.5 Å². The smallest absolute Gasteiger partial charge is 0.0725 e. The normalized spacial score (nSPS) is 20.4. The predicted molar refractivity (Wildman–Crippen MR) is 67.4 cm³/mol. The van der Waals surface area contributed by atoms with E-state index >= 15 is 0 Å². The van der Waals surface area contributed by atoms with Crippen LogP contribution in [0.25, 0.3) is 0 Å². The zero-order valence-corrected chi connectivity index (χ0v) is 10.2. The zero-order valence-electron chi connectivity index (χ0n) is 9.30. The molecule has 0 aliphatic carbocycles. The van der Waals surface area contributed by atoms with Crippen LogP contribution in [0.4, 0.5) is 0 Å². The lowest BCUT2D eigenvalue weighted by Gasteiger charge is -2.32. The molecular formula is C12H17N2P. The first-order valence-electron chi connectivity index (χ1n) is 5.21. The Bertz CT molecular complexity index is 323. The van der Waals surface area contributed by atoms with Crippen LogP contribution < -0.4 is 5.30 Å². The fourth-order valence-corrected chi connectivity index (χ4v) is 4.07. The molecule has 0 unspecified atom stereocenters. The predicted octanol–water partition coefficient (Wildman–Crippen LogP) is 2.06. The molecule has 15 heavy (non-hydrogen) atoms. The van der Waals surface area contributed by atoms with E-state index in [1.165, 1.54) is 5.30 Å². The van der Waals surface area contributed by atoms with Gasteiger partial charge in [-0.3, -0.25) is 9.34 Å². The Labute approximate surface area is 93.1 Å². The average molecular weight is 220 g/mol. The van der Waals surface area contributed by atoms with Crippen LogP contribution in [-0.4, -0.2) is 36.5 Å². The Balaban J connectivity index is 2.26. The fraction of sp³-hybridized carbons (Fsp3) is 0.333. The van der Waals surface area contributed by atoms with Crippen molar-refractivity contribution >= 4 is 13.5 Å². The lowest BCUT2D eigenvalue weighted by atomic mass is 10.4. The second-order valence-corrected chi connectivity index (χ2v) is 6.24. The molecule has 0 spiro atoms. The summed E-state index contributed by atoms with van der Waals surface area (Å²) in [5, 5.41) is 1.43. The Hall–Kier alpha value is -0.690. The topological polar surface area (TPSA) is 6.48 Å². The maximum absolute atomic E-state index is 2.42. The maximum Gasteiger partial charge on any atom is 0.0725 e. The van der Waals surface area contributed by atoms with Gasteiger partial charge < -0.3 is 0 Å². The van der Waals surface area contributed by atoms with Crippen molar-refractivity contribution in [2.24, 2.45) is 0 Å². The SMILES string of the molecule is CN1CC=CCN(C)P1c1ccccc1. The van der Waals surface area contributed by atoms with Crippen molar-refractivity contribution in [3.05, 3.63) is 42.5 Å². The molecule has 3 heteroatoms. The minimum Gasteiger partial charge on any atom is -0.266 e. The summed E-state index contributed by atoms with van der Waals surface area (Å²) in [5.74, 6) is 0. The van der Waals surface area contributed by atoms with E-state index in [2.05, 4.69) is 65.9 Å². The molecule has 2 nitrogen and oxygen atoms in total. The highest BCUT2D eigenvalue weighted by molar-refractivity contribution is 7.60. The fourth-order valence-electron chi connectivity index (χ4n) is 1.83. The van der Waals surface area contributed by atoms with Crippen molar-refractivity contribution in [2.45, 2.75) is 0 Å². The second kappa shape index (κ2) is 4.89. The molecule has 0 aromatic heterocycles. The van der Waals surface area contributed by atoms with Gasteiger partial charge in [0.25, 0.3) is 0 Å². The van der Waals surface area contributed by atoms with Gasteiger partial charge in [-0.2, -0.15) is 0 Å². The highest BCUT2D eigenvalue weighted by atomic mass is 31.1. The first-order valence-corrected chi connectivity index (χ1v) is 6.46. The van der Waals surface area contributed by atoms with Crippen LogP contribution in [0.5, 0.6) is 0 Å². The third-order valence-electron chi connectivity index (χ3n) is 2.54. The molecule has 0 fully saturated rings. The van der Waals surface area contributed by atoms with Crippen LogP contribution in [0, 0.1) is 0 Å². The van der Waals surface area contributed by atoms with Crippen molar-refractivity contribution in [2.75, 3.05) is 27.2 Å². The summed E-state index contributed by atoms with van der Waals surface area (Å²) in [7, 11) is 4.09. The molecule has 0 bridgehead atoms. The summed E-state index contributed by atoms with van der Waals surface area (Å²) < 4.78 is 4.85. The molecule has 1 heterocycles. The Morgan fingerprint density at radius 3 is 2.00 bits per heavy atom. The first kappa shape index (κ1) is 10.8. The molecule has 0 saturated heterocycles. The van der Waals surface area contributed by atoms with Gasteiger partial charge in [-0.05, 0) is 14.1 Å². The maximum atomic E-state index is 2.42. The third-order valence-corrected chi connectivity index (χ3v) is 4.92. The van der Waals surface area contributed by atoms with E-state index in [0.717, 1.165) is 13.1 Å². The summed E-state index contributed by atoms with van der Waals surface area (Å²) in [6, 6.07) is 10.8. The van der Waals surface area contributed by atoms with Crippen LogP contribution in [0.1, 0.15) is 0 Å². The van der Waals surface area contributed by atoms with Crippen LogP contribution in [0.3, 0.4) is 0 Å². The Morgan fingerprint density at radius 1 is 0.933 bits per heavy atom. The first-order chi connectivity index (χ1) is 7.29. The molecule has 0 atom stereocenters. The van der Waals surface area contributed by atoms with Crippen molar-refractivity contribution in [3.63, 3.8) is 0 Å². The molecule has 0 radical (unpaired) electrons. The van der Waals surface area contributed by atoms with Crippen molar-refractivity contribution in [1.82, 2.24) is 9.34 Å². The van der Waals surface area contributed by atoms with E-state index in [1.54, 1.807) is 0 Å². The van der Waals surface area contributed by atoms with Gasteiger partial charge in [-0.25, -0.2) is 0 Å². The van der Waals surface area contributed by atoms with Gasteiger partial charge in [-0.1, -0.05) is 42.5 Å². The van der Waals surface area contributed by atoms with Gasteiger partial charge in [0.1, 0.15) is 0 Å². The van der Waals surface area contributed by atoms with E-state index < -0.39 is 0 Å². The summed E-state index contributed by atoms with van der Waals surface area (Å²) in [6.07, 6.45) is 4.50. The minimum atomic E-state index is -0.312. The molecule has 0 saturated carbocycles. The van der Waals surface area contributed by atoms with E-state index in [9.17, 15) is 0 Å². The van der Waals surface area contributed by atoms with Gasteiger partial charge in [-0.15, -0.1) is 0 Å². The number of hydrogen-bond acceptors (Lipinski definition) is 2. The number of nitrogens with zero attached hydrogens (tertiary/aromatic N) is 2. The lowest BCUT2D eigenvalue weighted by molar-refractivity contribution is 0.541. The van der Waals surface area contributed by atoms with Crippen LogP contribution >= 0.6 is 8.22 Å². The van der Waals surface area contributed by atoms with Crippen molar-refractivity contribution in [1.29, 1.82) is 0 Å². The van der Waals surface area contributed by atoms with Crippen LogP contribution in [-0.2, 0) is 0 Å². The highest BCUT2D eigenvalue weighted by Gasteiger charge is 2.21. The Morgan fingerprint density at radius 2 is 1.47 bits per heavy atom. The number of likely N-dealkylation sites (N-methyl/N-ethyl adjacent to an activating group) is 2. The zero-order chi connectivity index (χ0) is 10.7. The summed E-state index contributed by atoms with van der Waals surface area (Å²) in [6.45, 7) is 2.09. The van der Waals surface area contributed by atoms with E-state index in [4.69, 9.17) is 0 Å². The summed E-state index contributed by atoms with van der Waals surface area (Å²) in [4.78, 5) is 0. The van der Waals surface area contributed by atoms with Gasteiger partial charge in [0, 0.05) is 18.4 Å². The Kier molecular flexibility index (Phi) is 3.53. The molecule has 0 amide bonds. The molecule has 1 aliphatic heterocycles. The number of benzene rings is 1. The molecule has 2 rings (SSSR count). The van der Waals surface area contributed by atoms with E-state index in [-0.39, 0.29) is 8.22 Å². The van der Waals surface area contributed by atoms with E-state index in [0.29, 0.717) is 0 Å². The molecule has 0 N–H and O–H groups in total. The third kappa shape index (κ3) is 2.46. The summed E-state index contributed by atoms with van der Waals surface area (Å²) in [5.41, 5.74) is 0. The monoisotopic (exact) mass is 220 g/mol. The van der Waals surface area contributed by atoms with Crippen molar-refractivity contribution < 1.29 is 0 Å². The molecular weight excluding hydrogens is 203 g/mol. The minimum absolute atomic E-state index is 0.312. The van der Waals surface area contributed by atoms with Gasteiger partial charge >= 0.3 is 0 Å². The van der Waals surface area contributed by atoms with Crippen molar-refractivity contribution in [3.8, 4) is 0 Å². The lowest BCUT2D eigenvalue weighted by Crippen LogP contribution is -2.27. The van der Waals surface area contributed by atoms with Gasteiger partial charge in [0.15, 0.2) is 0 Å². The largest absolute Gasteiger partial charge is 0.266 e. The highest BCUT2D eigenvalue weighted by Crippen LogP contribution is 2.41. The molecule has 1 aliphatic rings. The van der Waals surface area contributed by atoms with E-state index in [1.807, 2.05) is 0 Å². The number of rotatable bonds is 1. The quantitative estimate of drug-likeness (QED) is 0.528.